The van der Waals surface area contributed by atoms with Gasteiger partial charge in [-0.3, -0.25) is 0 Å². The van der Waals surface area contributed by atoms with E-state index in [0.29, 0.717) is 5.15 Å². The number of halogens is 1. The maximum Gasteiger partial charge on any atom is 0.133 e. The summed E-state index contributed by atoms with van der Waals surface area (Å²) in [7, 11) is 0. The fourth-order valence-corrected chi connectivity index (χ4v) is 1.40. The lowest BCUT2D eigenvalue weighted by atomic mass is 10.4. The van der Waals surface area contributed by atoms with E-state index in [1.165, 1.54) is 0 Å². The van der Waals surface area contributed by atoms with Gasteiger partial charge >= 0.3 is 0 Å². The second-order valence-electron chi connectivity index (χ2n) is 2.00. The number of hydrogen-bond acceptors (Lipinski definition) is 3. The molecule has 0 unspecified atom stereocenters. The highest BCUT2D eigenvalue weighted by Crippen LogP contribution is 2.15. The van der Waals surface area contributed by atoms with Crippen LogP contribution in [0.4, 0.5) is 0 Å². The monoisotopic (exact) mass is 188 g/mol. The number of hydrogen-bond donors (Lipinski definition) is 0. The highest BCUT2D eigenvalue weighted by atomic mass is 35.5. The van der Waals surface area contributed by atoms with E-state index < -0.39 is 0 Å². The molecule has 0 bridgehead atoms. The number of aromatic nitrogens is 2. The van der Waals surface area contributed by atoms with Gasteiger partial charge in [-0.05, 0) is 6.26 Å². The predicted octanol–water partition coefficient (Wildman–Crippen LogP) is 2.41. The number of nitrogens with zero attached hydrogens (tertiary/aromatic N) is 2. The van der Waals surface area contributed by atoms with Crippen molar-refractivity contribution in [1.82, 2.24) is 9.97 Å². The molecule has 0 aromatic carbocycles. The molecule has 0 saturated heterocycles. The van der Waals surface area contributed by atoms with E-state index in [1.807, 2.05) is 13.2 Å². The van der Waals surface area contributed by atoms with Crippen molar-refractivity contribution in [1.29, 1.82) is 0 Å². The minimum Gasteiger partial charge on any atom is -0.227 e. The Balaban J connectivity index is 3.02. The van der Waals surface area contributed by atoms with Crippen LogP contribution in [0, 0.1) is 0 Å². The van der Waals surface area contributed by atoms with E-state index in [4.69, 9.17) is 11.6 Å². The summed E-state index contributed by atoms with van der Waals surface area (Å²) in [4.78, 5) is 8.28. The summed E-state index contributed by atoms with van der Waals surface area (Å²) in [6.45, 7) is 2.01. The summed E-state index contributed by atoms with van der Waals surface area (Å²) in [5.41, 5.74) is 0. The molecule has 0 N–H and O–H groups in total. The van der Waals surface area contributed by atoms with Gasteiger partial charge in [0.05, 0.1) is 0 Å². The van der Waals surface area contributed by atoms with Crippen LogP contribution >= 0.6 is 23.4 Å². The Hall–Kier alpha value is -0.280. The van der Waals surface area contributed by atoms with Gasteiger partial charge in [-0.1, -0.05) is 18.5 Å². The molecule has 0 atom stereocenters. The second-order valence-corrected chi connectivity index (χ2v) is 3.22. The minimum atomic E-state index is 0.529. The lowest BCUT2D eigenvalue weighted by molar-refractivity contribution is 0.890. The normalized spacial score (nSPS) is 10.1. The van der Waals surface area contributed by atoms with E-state index >= 15 is 0 Å². The summed E-state index contributed by atoms with van der Waals surface area (Å²) in [5, 5.41) is 1.46. The number of aryl methyl sites for hydroxylation is 1. The third-order valence-electron chi connectivity index (χ3n) is 1.24. The molecule has 0 radical (unpaired) electrons. The fraction of sp³-hybridized carbons (Fsp3) is 0.429. The maximum atomic E-state index is 5.74. The summed E-state index contributed by atoms with van der Waals surface area (Å²) < 4.78 is 0. The van der Waals surface area contributed by atoms with Crippen molar-refractivity contribution >= 4 is 23.4 Å². The van der Waals surface area contributed by atoms with Gasteiger partial charge in [-0.2, -0.15) is 0 Å². The van der Waals surface area contributed by atoms with Crippen molar-refractivity contribution < 1.29 is 0 Å². The largest absolute Gasteiger partial charge is 0.227 e. The molecule has 2 nitrogen and oxygen atoms in total. The Morgan fingerprint density at radius 2 is 2.27 bits per heavy atom. The standard InChI is InChI=1S/C7H9ClN2S/c1-3-6-9-5(8)4-7(10-6)11-2/h4H,3H2,1-2H3. The molecular weight excluding hydrogens is 180 g/mol. The van der Waals surface area contributed by atoms with Gasteiger partial charge < -0.3 is 0 Å². The molecular formula is C7H9ClN2S. The number of rotatable bonds is 2. The van der Waals surface area contributed by atoms with Crippen molar-refractivity contribution in [3.8, 4) is 0 Å². The molecule has 1 heterocycles. The average Bonchev–Trinajstić information content (AvgIpc) is 2.03. The Labute approximate surface area is 75.4 Å². The zero-order valence-electron chi connectivity index (χ0n) is 6.47. The van der Waals surface area contributed by atoms with E-state index in [1.54, 1.807) is 17.8 Å². The predicted molar refractivity (Wildman–Crippen MR) is 48.2 cm³/mol. The van der Waals surface area contributed by atoms with Crippen LogP contribution in [0.2, 0.25) is 5.15 Å². The molecule has 0 aliphatic carbocycles. The first-order valence-electron chi connectivity index (χ1n) is 3.33. The van der Waals surface area contributed by atoms with E-state index in [-0.39, 0.29) is 0 Å². The van der Waals surface area contributed by atoms with Crippen molar-refractivity contribution in [3.05, 3.63) is 17.0 Å². The third-order valence-corrected chi connectivity index (χ3v) is 2.06. The third kappa shape index (κ3) is 2.34. The first-order valence-corrected chi connectivity index (χ1v) is 4.94. The van der Waals surface area contributed by atoms with Gasteiger partial charge in [-0.15, -0.1) is 11.8 Å². The molecule has 0 aliphatic heterocycles. The molecule has 1 aromatic rings. The first-order chi connectivity index (χ1) is 5.26. The summed E-state index contributed by atoms with van der Waals surface area (Å²) in [6, 6.07) is 1.77. The van der Waals surface area contributed by atoms with Gasteiger partial charge in [0.15, 0.2) is 0 Å². The zero-order valence-corrected chi connectivity index (χ0v) is 8.04. The van der Waals surface area contributed by atoms with Crippen LogP contribution in [0.5, 0.6) is 0 Å². The Morgan fingerprint density at radius 3 is 2.82 bits per heavy atom. The quantitative estimate of drug-likeness (QED) is 0.527. The molecule has 4 heteroatoms. The van der Waals surface area contributed by atoms with Crippen molar-refractivity contribution in [2.45, 2.75) is 18.4 Å². The number of thioether (sulfide) groups is 1. The molecule has 0 saturated carbocycles. The lowest BCUT2D eigenvalue weighted by Crippen LogP contribution is -1.93. The van der Waals surface area contributed by atoms with E-state index in [0.717, 1.165) is 17.3 Å². The van der Waals surface area contributed by atoms with Gasteiger partial charge in [0.2, 0.25) is 0 Å². The lowest BCUT2D eigenvalue weighted by Gasteiger charge is -1.99. The second kappa shape index (κ2) is 3.93. The average molecular weight is 189 g/mol. The van der Waals surface area contributed by atoms with Crippen molar-refractivity contribution in [3.63, 3.8) is 0 Å². The maximum absolute atomic E-state index is 5.74. The summed E-state index contributed by atoms with van der Waals surface area (Å²) >= 11 is 7.32. The van der Waals surface area contributed by atoms with Crippen molar-refractivity contribution in [2.75, 3.05) is 6.26 Å². The fourth-order valence-electron chi connectivity index (χ4n) is 0.705. The Morgan fingerprint density at radius 1 is 1.55 bits per heavy atom. The van der Waals surface area contributed by atoms with Crippen LogP contribution in [0.15, 0.2) is 11.1 Å². The van der Waals surface area contributed by atoms with Gasteiger partial charge in [-0.25, -0.2) is 9.97 Å². The van der Waals surface area contributed by atoms with Gasteiger partial charge in [0.25, 0.3) is 0 Å². The van der Waals surface area contributed by atoms with Crippen molar-refractivity contribution in [2.24, 2.45) is 0 Å². The topological polar surface area (TPSA) is 25.8 Å². The first kappa shape index (κ1) is 8.81. The molecule has 11 heavy (non-hydrogen) atoms. The van der Waals surface area contributed by atoms with Gasteiger partial charge in [0.1, 0.15) is 16.0 Å². The van der Waals surface area contributed by atoms with Crippen LogP contribution in [-0.2, 0) is 6.42 Å². The molecule has 1 aromatic heterocycles. The van der Waals surface area contributed by atoms with E-state index in [9.17, 15) is 0 Å². The Bertz CT molecular complexity index is 230. The van der Waals surface area contributed by atoms with Crippen LogP contribution in [0.3, 0.4) is 0 Å². The molecule has 60 valence electrons. The molecule has 0 spiro atoms. The zero-order chi connectivity index (χ0) is 8.27. The highest BCUT2D eigenvalue weighted by molar-refractivity contribution is 7.98. The van der Waals surface area contributed by atoms with Crippen LogP contribution < -0.4 is 0 Å². The molecule has 0 aliphatic rings. The molecule has 0 amide bonds. The minimum absolute atomic E-state index is 0.529. The smallest absolute Gasteiger partial charge is 0.133 e. The summed E-state index contributed by atoms with van der Waals surface area (Å²) in [5.74, 6) is 0.807. The van der Waals surface area contributed by atoms with Gasteiger partial charge in [0, 0.05) is 12.5 Å². The summed E-state index contributed by atoms with van der Waals surface area (Å²) in [6.07, 6.45) is 2.80. The molecule has 1 rings (SSSR count). The van der Waals surface area contributed by atoms with Crippen LogP contribution in [0.25, 0.3) is 0 Å². The Kier molecular flexibility index (Phi) is 3.15. The van der Waals surface area contributed by atoms with Crippen LogP contribution in [-0.4, -0.2) is 16.2 Å². The SMILES string of the molecule is CCc1nc(Cl)cc(SC)n1. The van der Waals surface area contributed by atoms with E-state index in [2.05, 4.69) is 9.97 Å². The highest BCUT2D eigenvalue weighted by Gasteiger charge is 1.99. The molecule has 0 fully saturated rings. The van der Waals surface area contributed by atoms with Crippen LogP contribution in [0.1, 0.15) is 12.7 Å².